The fourth-order valence-corrected chi connectivity index (χ4v) is 6.87. The zero-order chi connectivity index (χ0) is 28.4. The maximum absolute atomic E-state index is 13.0. The number of aromatic nitrogens is 3. The lowest BCUT2D eigenvalue weighted by Crippen LogP contribution is -2.58. The second-order valence-electron chi connectivity index (χ2n) is 11.9. The van der Waals surface area contributed by atoms with Crippen LogP contribution in [0.15, 0.2) is 30.6 Å². The zero-order valence-electron chi connectivity index (χ0n) is 23.0. The lowest BCUT2D eigenvalue weighted by molar-refractivity contribution is -0.0847. The summed E-state index contributed by atoms with van der Waals surface area (Å²) in [5, 5.41) is 17.3. The van der Waals surface area contributed by atoms with Gasteiger partial charge in [-0.3, -0.25) is 9.59 Å². The van der Waals surface area contributed by atoms with Crippen LogP contribution in [0.1, 0.15) is 70.7 Å². The second kappa shape index (κ2) is 9.45. The van der Waals surface area contributed by atoms with Crippen molar-refractivity contribution < 1.29 is 24.2 Å². The van der Waals surface area contributed by atoms with E-state index in [-0.39, 0.29) is 30.1 Å². The van der Waals surface area contributed by atoms with E-state index >= 15 is 0 Å². The number of aryl methyl sites for hydroxylation is 2. The van der Waals surface area contributed by atoms with Gasteiger partial charge in [-0.25, -0.2) is 9.50 Å². The Labute approximate surface area is 235 Å². The van der Waals surface area contributed by atoms with Gasteiger partial charge in [0.2, 0.25) is 5.88 Å². The number of primary amides is 1. The summed E-state index contributed by atoms with van der Waals surface area (Å²) in [6, 6.07) is 5.44. The molecule has 0 atom stereocenters. The van der Waals surface area contributed by atoms with Crippen LogP contribution < -0.4 is 20.5 Å². The highest BCUT2D eigenvalue weighted by Gasteiger charge is 2.54. The van der Waals surface area contributed by atoms with Crippen molar-refractivity contribution in [2.45, 2.75) is 71.1 Å². The molecule has 11 heteroatoms. The Kier molecular flexibility index (Phi) is 6.26. The zero-order valence-corrected chi connectivity index (χ0v) is 23.8. The van der Waals surface area contributed by atoms with Crippen LogP contribution in [-0.2, 0) is 0 Å². The Balaban J connectivity index is 1.04. The van der Waals surface area contributed by atoms with Gasteiger partial charge in [0.1, 0.15) is 24.0 Å². The molecule has 2 aliphatic carbocycles. The fraction of sp³-hybridized carbons (Fsp3) is 0.448. The largest absolute Gasteiger partial charge is 0.489 e. The highest BCUT2D eigenvalue weighted by molar-refractivity contribution is 7.19. The molecule has 1 spiro atoms. The van der Waals surface area contributed by atoms with Gasteiger partial charge in [-0.05, 0) is 82.6 Å². The van der Waals surface area contributed by atoms with Crippen LogP contribution in [0.25, 0.3) is 15.7 Å². The molecule has 4 N–H and O–H groups in total. The highest BCUT2D eigenvalue weighted by Crippen LogP contribution is 2.57. The molecule has 0 aliphatic heterocycles. The molecule has 0 bridgehead atoms. The van der Waals surface area contributed by atoms with E-state index in [2.05, 4.69) is 15.4 Å². The molecule has 2 saturated carbocycles. The van der Waals surface area contributed by atoms with Crippen molar-refractivity contribution in [2.75, 3.05) is 6.61 Å². The Morgan fingerprint density at radius 3 is 2.67 bits per heavy atom. The Morgan fingerprint density at radius 1 is 1.23 bits per heavy atom. The van der Waals surface area contributed by atoms with Crippen LogP contribution in [0.5, 0.6) is 11.6 Å². The summed E-state index contributed by atoms with van der Waals surface area (Å²) in [6.07, 6.45) is 6.68. The SMILES string of the molecule is Cc1sc2cc(C(N)=O)c(OC3CC4(CC(NC(=O)c5cnn6cc(OCC(C)(C)O)ccc56)C4)C3)nc2c1C. The van der Waals surface area contributed by atoms with Crippen LogP contribution in [0, 0.1) is 19.3 Å². The molecule has 4 heterocycles. The molecular weight excluding hydrogens is 530 g/mol. The van der Waals surface area contributed by atoms with Gasteiger partial charge in [0.15, 0.2) is 0 Å². The number of nitrogens with one attached hydrogen (secondary N) is 1. The Morgan fingerprint density at radius 2 is 1.98 bits per heavy atom. The molecular formula is C29H33N5O5S. The lowest BCUT2D eigenvalue weighted by atomic mass is 9.53. The van der Waals surface area contributed by atoms with E-state index in [0.29, 0.717) is 28.3 Å². The minimum absolute atomic E-state index is 0.0350. The van der Waals surface area contributed by atoms with Gasteiger partial charge in [0, 0.05) is 10.9 Å². The third-order valence-electron chi connectivity index (χ3n) is 7.98. The van der Waals surface area contributed by atoms with Crippen molar-refractivity contribution in [2.24, 2.45) is 11.1 Å². The highest BCUT2D eigenvalue weighted by atomic mass is 32.1. The first kappa shape index (κ1) is 26.5. The minimum Gasteiger partial charge on any atom is -0.489 e. The van der Waals surface area contributed by atoms with Crippen molar-refractivity contribution in [1.82, 2.24) is 19.9 Å². The summed E-state index contributed by atoms with van der Waals surface area (Å²) in [4.78, 5) is 30.9. The predicted molar refractivity (Wildman–Crippen MR) is 151 cm³/mol. The molecule has 0 aromatic carbocycles. The van der Waals surface area contributed by atoms with Crippen LogP contribution in [-0.4, -0.2) is 55.9 Å². The predicted octanol–water partition coefficient (Wildman–Crippen LogP) is 3.93. The first-order valence-corrected chi connectivity index (χ1v) is 14.2. The van der Waals surface area contributed by atoms with Gasteiger partial charge < -0.3 is 25.6 Å². The Hall–Kier alpha value is -3.70. The van der Waals surface area contributed by atoms with Crippen molar-refractivity contribution >= 4 is 38.9 Å². The molecule has 0 saturated heterocycles. The van der Waals surface area contributed by atoms with Crippen LogP contribution in [0.4, 0.5) is 0 Å². The lowest BCUT2D eigenvalue weighted by Gasteiger charge is -2.57. The average Bonchev–Trinajstić information content (AvgIpc) is 3.39. The van der Waals surface area contributed by atoms with Crippen LogP contribution in [0.2, 0.25) is 0 Å². The first-order valence-electron chi connectivity index (χ1n) is 13.4. The van der Waals surface area contributed by atoms with Gasteiger partial charge in [-0.1, -0.05) is 0 Å². The standard InChI is InChI=1S/C29H33N5O5S/c1-15-16(2)40-23-7-20(25(30)35)27(33-24(15)23)39-19-10-29(11-19)8-17(9-29)32-26(36)21-12-31-34-13-18(5-6-22(21)34)38-14-28(3,4)37/h5-7,12-13,17,19,37H,8-11,14H2,1-4H3,(H2,30,35)(H,32,36). The topological polar surface area (TPSA) is 141 Å². The summed E-state index contributed by atoms with van der Waals surface area (Å²) in [7, 11) is 0. The van der Waals surface area contributed by atoms with Gasteiger partial charge in [0.25, 0.3) is 11.8 Å². The summed E-state index contributed by atoms with van der Waals surface area (Å²) < 4.78 is 14.3. The monoisotopic (exact) mass is 563 g/mol. The normalized spacial score (nSPS) is 22.2. The molecule has 40 heavy (non-hydrogen) atoms. The number of rotatable bonds is 8. The van der Waals surface area contributed by atoms with Crippen molar-refractivity contribution in [3.8, 4) is 11.6 Å². The summed E-state index contributed by atoms with van der Waals surface area (Å²) >= 11 is 1.60. The molecule has 2 amide bonds. The van der Waals surface area contributed by atoms with E-state index in [4.69, 9.17) is 15.2 Å². The smallest absolute Gasteiger partial charge is 0.255 e. The van der Waals surface area contributed by atoms with E-state index in [9.17, 15) is 14.7 Å². The first-order chi connectivity index (χ1) is 18.9. The van der Waals surface area contributed by atoms with Crippen molar-refractivity contribution in [1.29, 1.82) is 0 Å². The summed E-state index contributed by atoms with van der Waals surface area (Å²) in [5.74, 6) is 0.175. The van der Waals surface area contributed by atoms with Gasteiger partial charge in [-0.15, -0.1) is 11.3 Å². The number of thiophene rings is 1. The molecule has 0 radical (unpaired) electrons. The van der Waals surface area contributed by atoms with Gasteiger partial charge in [0.05, 0.1) is 39.3 Å². The third-order valence-corrected chi connectivity index (χ3v) is 9.13. The van der Waals surface area contributed by atoms with Crippen LogP contribution >= 0.6 is 11.3 Å². The molecule has 0 unspecified atom stereocenters. The van der Waals surface area contributed by atoms with E-state index in [1.807, 2.05) is 13.8 Å². The summed E-state index contributed by atoms with van der Waals surface area (Å²) in [6.45, 7) is 7.55. The number of hydrogen-bond acceptors (Lipinski definition) is 8. The van der Waals surface area contributed by atoms with Gasteiger partial charge >= 0.3 is 0 Å². The number of carbonyl (C=O) groups excluding carboxylic acids is 2. The Bertz CT molecular complexity index is 1640. The number of aliphatic hydroxyl groups is 1. The molecule has 10 nitrogen and oxygen atoms in total. The third kappa shape index (κ3) is 4.88. The maximum Gasteiger partial charge on any atom is 0.255 e. The van der Waals surface area contributed by atoms with Gasteiger partial charge in [-0.2, -0.15) is 5.10 Å². The van der Waals surface area contributed by atoms with E-state index < -0.39 is 11.5 Å². The fourth-order valence-electron chi connectivity index (χ4n) is 5.82. The van der Waals surface area contributed by atoms with Crippen molar-refractivity contribution in [3.05, 3.63) is 52.2 Å². The number of nitrogens with two attached hydrogens (primary N) is 1. The number of hydrogen-bond donors (Lipinski definition) is 3. The molecule has 6 rings (SSSR count). The molecule has 210 valence electrons. The number of carbonyl (C=O) groups is 2. The van der Waals surface area contributed by atoms with E-state index in [0.717, 1.165) is 46.3 Å². The molecule has 2 fully saturated rings. The number of ether oxygens (including phenoxy) is 2. The maximum atomic E-state index is 13.0. The molecule has 2 aliphatic rings. The number of pyridine rings is 2. The van der Waals surface area contributed by atoms with Crippen molar-refractivity contribution in [3.63, 3.8) is 0 Å². The minimum atomic E-state index is -0.948. The average molecular weight is 564 g/mol. The quantitative estimate of drug-likeness (QED) is 0.295. The number of amides is 2. The van der Waals surface area contributed by atoms with Crippen LogP contribution in [0.3, 0.4) is 0 Å². The second-order valence-corrected chi connectivity index (χ2v) is 13.2. The van der Waals surface area contributed by atoms with E-state index in [1.165, 1.54) is 0 Å². The number of nitrogens with zero attached hydrogens (tertiary/aromatic N) is 3. The number of fused-ring (bicyclic) bond motifs is 2. The summed E-state index contributed by atoms with van der Waals surface area (Å²) in [5.41, 5.74) is 8.28. The molecule has 4 aromatic heterocycles. The molecule has 4 aromatic rings. The van der Waals surface area contributed by atoms with E-state index in [1.54, 1.807) is 60.3 Å².